The second-order valence-electron chi connectivity index (χ2n) is 5.57. The van der Waals surface area contributed by atoms with E-state index >= 15 is 0 Å². The minimum absolute atomic E-state index is 0.275. The van der Waals surface area contributed by atoms with Gasteiger partial charge in [0.15, 0.2) is 11.5 Å². The van der Waals surface area contributed by atoms with Crippen molar-refractivity contribution in [1.29, 1.82) is 0 Å². The van der Waals surface area contributed by atoms with E-state index in [1.54, 1.807) is 18.2 Å². The van der Waals surface area contributed by atoms with Gasteiger partial charge in [-0.3, -0.25) is 0 Å². The number of carbonyl (C=O) groups is 1. The molecule has 0 radical (unpaired) electrons. The number of unbranched alkanes of at least 4 members (excludes halogenated alkanes) is 2. The number of rotatable bonds is 9. The van der Waals surface area contributed by atoms with Gasteiger partial charge in [0, 0.05) is 0 Å². The highest BCUT2D eigenvalue weighted by Gasteiger charge is 2.10. The molecule has 0 atom stereocenters. The predicted molar refractivity (Wildman–Crippen MR) is 91.7 cm³/mol. The zero-order valence-electron chi connectivity index (χ0n) is 13.8. The monoisotopic (exact) mass is 316 g/mol. The maximum Gasteiger partial charge on any atom is 0.335 e. The van der Waals surface area contributed by atoms with Crippen molar-refractivity contribution in [2.45, 2.75) is 39.5 Å². The Hall–Kier alpha value is -2.23. The summed E-state index contributed by atoms with van der Waals surface area (Å²) >= 11 is 0. The first-order valence-electron chi connectivity index (χ1n) is 8.22. The lowest BCUT2D eigenvalue weighted by atomic mass is 10.1. The Morgan fingerprint density at radius 2 is 1.48 bits per heavy atom. The van der Waals surface area contributed by atoms with Gasteiger partial charge < -0.3 is 14.6 Å². The number of benzene rings is 2. The summed E-state index contributed by atoms with van der Waals surface area (Å²) in [4.78, 5) is 11.1. The van der Waals surface area contributed by atoms with Crippen molar-refractivity contribution in [3.8, 4) is 11.5 Å². The zero-order chi connectivity index (χ0) is 16.7. The van der Waals surface area contributed by atoms with Crippen LogP contribution in [0.15, 0.2) is 30.3 Å². The van der Waals surface area contributed by atoms with Crippen LogP contribution in [0.25, 0.3) is 10.8 Å². The van der Waals surface area contributed by atoms with E-state index in [1.165, 1.54) is 0 Å². The van der Waals surface area contributed by atoms with Crippen molar-refractivity contribution in [3.63, 3.8) is 0 Å². The van der Waals surface area contributed by atoms with Crippen LogP contribution in [0.2, 0.25) is 0 Å². The summed E-state index contributed by atoms with van der Waals surface area (Å²) in [5, 5.41) is 10.9. The van der Waals surface area contributed by atoms with Gasteiger partial charge in [0.05, 0.1) is 18.8 Å². The van der Waals surface area contributed by atoms with E-state index in [2.05, 4.69) is 13.8 Å². The second-order valence-corrected chi connectivity index (χ2v) is 5.57. The molecule has 4 heteroatoms. The van der Waals surface area contributed by atoms with Crippen LogP contribution in [0, 0.1) is 0 Å². The lowest BCUT2D eigenvalue weighted by Gasteiger charge is -2.14. The Morgan fingerprint density at radius 1 is 0.913 bits per heavy atom. The summed E-state index contributed by atoms with van der Waals surface area (Å²) in [5.74, 6) is 0.485. The molecule has 2 rings (SSSR count). The third-order valence-corrected chi connectivity index (χ3v) is 3.66. The summed E-state index contributed by atoms with van der Waals surface area (Å²) in [6.45, 7) is 5.52. The van der Waals surface area contributed by atoms with E-state index in [0.717, 1.165) is 42.2 Å². The van der Waals surface area contributed by atoms with E-state index in [4.69, 9.17) is 14.6 Å². The number of fused-ring (bicyclic) bond motifs is 1. The fourth-order valence-corrected chi connectivity index (χ4v) is 2.27. The molecular formula is C19H24O4. The van der Waals surface area contributed by atoms with Crippen molar-refractivity contribution in [1.82, 2.24) is 0 Å². The molecule has 0 amide bonds. The van der Waals surface area contributed by atoms with E-state index in [-0.39, 0.29) is 5.56 Å². The predicted octanol–water partition coefficient (Wildman–Crippen LogP) is 4.90. The van der Waals surface area contributed by atoms with Gasteiger partial charge in [-0.2, -0.15) is 0 Å². The van der Waals surface area contributed by atoms with Gasteiger partial charge in [0.25, 0.3) is 0 Å². The molecule has 0 bridgehead atoms. The molecule has 0 saturated heterocycles. The topological polar surface area (TPSA) is 55.8 Å². The van der Waals surface area contributed by atoms with Gasteiger partial charge in [0.1, 0.15) is 0 Å². The van der Waals surface area contributed by atoms with Gasteiger partial charge in [-0.1, -0.05) is 32.8 Å². The first-order valence-corrected chi connectivity index (χ1v) is 8.22. The molecule has 2 aromatic carbocycles. The molecule has 0 aromatic heterocycles. The summed E-state index contributed by atoms with van der Waals surface area (Å²) in [7, 11) is 0. The molecule has 2 aromatic rings. The van der Waals surface area contributed by atoms with Crippen LogP contribution in [0.1, 0.15) is 49.9 Å². The third-order valence-electron chi connectivity index (χ3n) is 3.66. The van der Waals surface area contributed by atoms with Crippen LogP contribution in [0.5, 0.6) is 11.5 Å². The molecule has 0 saturated carbocycles. The number of carboxylic acid groups (broad SMARTS) is 1. The van der Waals surface area contributed by atoms with E-state index in [0.29, 0.717) is 19.0 Å². The summed E-state index contributed by atoms with van der Waals surface area (Å²) in [6.07, 6.45) is 4.09. The van der Waals surface area contributed by atoms with Gasteiger partial charge in [-0.25, -0.2) is 4.79 Å². The average Bonchev–Trinajstić information content (AvgIpc) is 2.55. The molecule has 23 heavy (non-hydrogen) atoms. The fraction of sp³-hybridized carbons (Fsp3) is 0.421. The first-order chi connectivity index (χ1) is 11.2. The molecule has 0 unspecified atom stereocenters. The van der Waals surface area contributed by atoms with Crippen LogP contribution in [-0.2, 0) is 0 Å². The van der Waals surface area contributed by atoms with Gasteiger partial charge in [-0.05, 0) is 47.9 Å². The molecule has 0 heterocycles. The van der Waals surface area contributed by atoms with Crippen LogP contribution < -0.4 is 9.47 Å². The van der Waals surface area contributed by atoms with Gasteiger partial charge in [-0.15, -0.1) is 0 Å². The minimum Gasteiger partial charge on any atom is -0.490 e. The Kier molecular flexibility index (Phi) is 6.27. The molecule has 0 aliphatic carbocycles. The number of aromatic carboxylic acids is 1. The van der Waals surface area contributed by atoms with Crippen LogP contribution in [-0.4, -0.2) is 24.3 Å². The third kappa shape index (κ3) is 4.62. The van der Waals surface area contributed by atoms with E-state index in [9.17, 15) is 4.79 Å². The smallest absolute Gasteiger partial charge is 0.335 e. The number of carboxylic acids is 1. The minimum atomic E-state index is -0.927. The van der Waals surface area contributed by atoms with Crippen molar-refractivity contribution >= 4 is 16.7 Å². The number of ether oxygens (including phenoxy) is 2. The molecule has 0 spiro atoms. The summed E-state index contributed by atoms with van der Waals surface area (Å²) in [5.41, 5.74) is 0.275. The van der Waals surface area contributed by atoms with Crippen LogP contribution >= 0.6 is 0 Å². The van der Waals surface area contributed by atoms with Gasteiger partial charge in [0.2, 0.25) is 0 Å². The Morgan fingerprint density at radius 3 is 2.00 bits per heavy atom. The highest BCUT2D eigenvalue weighted by Crippen LogP contribution is 2.33. The van der Waals surface area contributed by atoms with Crippen LogP contribution in [0.3, 0.4) is 0 Å². The van der Waals surface area contributed by atoms with Crippen LogP contribution in [0.4, 0.5) is 0 Å². The molecule has 4 nitrogen and oxygen atoms in total. The quantitative estimate of drug-likeness (QED) is 0.669. The molecule has 0 aliphatic heterocycles. The number of hydrogen-bond acceptors (Lipinski definition) is 3. The maximum absolute atomic E-state index is 11.1. The molecule has 0 aliphatic rings. The normalized spacial score (nSPS) is 10.7. The Balaban J connectivity index is 2.33. The highest BCUT2D eigenvalue weighted by atomic mass is 16.5. The van der Waals surface area contributed by atoms with Crippen molar-refractivity contribution in [3.05, 3.63) is 35.9 Å². The Labute approximate surface area is 137 Å². The SMILES string of the molecule is CCCCOc1cc2ccc(C(=O)O)cc2cc1OCCCC. The van der Waals surface area contributed by atoms with Crippen molar-refractivity contribution < 1.29 is 19.4 Å². The lowest BCUT2D eigenvalue weighted by molar-refractivity contribution is 0.0697. The summed E-state index contributed by atoms with van der Waals surface area (Å²) in [6, 6.07) is 8.89. The second kappa shape index (κ2) is 8.42. The average molecular weight is 316 g/mol. The zero-order valence-corrected chi connectivity index (χ0v) is 13.8. The molecule has 124 valence electrons. The lowest BCUT2D eigenvalue weighted by Crippen LogP contribution is -2.02. The largest absolute Gasteiger partial charge is 0.490 e. The molecular weight excluding hydrogens is 292 g/mol. The van der Waals surface area contributed by atoms with E-state index < -0.39 is 5.97 Å². The van der Waals surface area contributed by atoms with Crippen molar-refractivity contribution in [2.24, 2.45) is 0 Å². The first kappa shape index (κ1) is 17.1. The standard InChI is InChI=1S/C19H24O4/c1-3-5-9-22-17-12-14-7-8-15(19(20)21)11-16(14)13-18(17)23-10-6-4-2/h7-8,11-13H,3-6,9-10H2,1-2H3,(H,20,21). The Bertz CT molecular complexity index is 664. The molecule has 1 N–H and O–H groups in total. The van der Waals surface area contributed by atoms with Gasteiger partial charge >= 0.3 is 5.97 Å². The maximum atomic E-state index is 11.1. The van der Waals surface area contributed by atoms with Crippen molar-refractivity contribution in [2.75, 3.05) is 13.2 Å². The number of hydrogen-bond donors (Lipinski definition) is 1. The highest BCUT2D eigenvalue weighted by molar-refractivity contribution is 5.95. The molecule has 0 fully saturated rings. The summed E-state index contributed by atoms with van der Waals surface area (Å²) < 4.78 is 11.7. The fourth-order valence-electron chi connectivity index (χ4n) is 2.27. The van der Waals surface area contributed by atoms with E-state index in [1.807, 2.05) is 12.1 Å².